The summed E-state index contributed by atoms with van der Waals surface area (Å²) in [4.78, 5) is 0. The van der Waals surface area contributed by atoms with Crippen LogP contribution in [0.5, 0.6) is 0 Å². The van der Waals surface area contributed by atoms with E-state index in [1.54, 1.807) is 30.3 Å². The summed E-state index contributed by atoms with van der Waals surface area (Å²) in [6.45, 7) is 0. The molecule has 0 saturated heterocycles. The number of nitrogens with zero attached hydrogens (tertiary/aromatic N) is 2. The number of halogens is 1. The quantitative estimate of drug-likeness (QED) is 0.718. The Balaban J connectivity index is 2.39. The van der Waals surface area contributed by atoms with Crippen LogP contribution in [0.2, 0.25) is 5.22 Å². The molecule has 0 bridgehead atoms. The molecule has 0 aliphatic rings. The largest absolute Gasteiger partial charge is 0.344 e. The fraction of sp³-hybridized carbons (Fsp3) is 0. The lowest BCUT2D eigenvalue weighted by Gasteiger charge is -1.93. The van der Waals surface area contributed by atoms with E-state index in [0.29, 0.717) is 11.3 Å². The minimum atomic E-state index is 0.254. The van der Waals surface area contributed by atoms with E-state index in [1.165, 1.54) is 0 Å². The summed E-state index contributed by atoms with van der Waals surface area (Å²) < 4.78 is 4.73. The van der Waals surface area contributed by atoms with Gasteiger partial charge in [-0.15, -0.1) is 0 Å². The van der Waals surface area contributed by atoms with Gasteiger partial charge in [0.25, 0.3) is 0 Å². The minimum Gasteiger partial charge on any atom is -0.344 e. The van der Waals surface area contributed by atoms with Crippen LogP contribution in [0.4, 0.5) is 0 Å². The smallest absolute Gasteiger partial charge is 0.226 e. The molecule has 14 heavy (non-hydrogen) atoms. The lowest BCUT2D eigenvalue weighted by Crippen LogP contribution is -1.77. The number of aromatic nitrogens is 1. The van der Waals surface area contributed by atoms with Crippen molar-refractivity contribution in [1.82, 2.24) is 5.16 Å². The molecule has 1 heterocycles. The molecule has 0 saturated carbocycles. The molecule has 2 rings (SSSR count). The van der Waals surface area contributed by atoms with Crippen molar-refractivity contribution in [2.24, 2.45) is 0 Å². The van der Waals surface area contributed by atoms with Crippen molar-refractivity contribution in [3.63, 3.8) is 0 Å². The van der Waals surface area contributed by atoms with Gasteiger partial charge < -0.3 is 4.52 Å². The first-order valence-corrected chi connectivity index (χ1v) is 4.30. The highest BCUT2D eigenvalue weighted by Crippen LogP contribution is 2.21. The highest BCUT2D eigenvalue weighted by Gasteiger charge is 2.03. The first kappa shape index (κ1) is 8.79. The van der Waals surface area contributed by atoms with E-state index in [0.717, 1.165) is 5.56 Å². The summed E-state index contributed by atoms with van der Waals surface area (Å²) in [5.74, 6) is 0. The van der Waals surface area contributed by atoms with Gasteiger partial charge in [0.05, 0.1) is 11.6 Å². The average Bonchev–Trinajstić information content (AvgIpc) is 2.65. The predicted octanol–water partition coefficient (Wildman–Crippen LogP) is 2.87. The van der Waals surface area contributed by atoms with Crippen LogP contribution >= 0.6 is 11.6 Å². The second-order valence-corrected chi connectivity index (χ2v) is 3.08. The van der Waals surface area contributed by atoms with E-state index < -0.39 is 0 Å². The molecule has 0 atom stereocenters. The Labute approximate surface area is 85.5 Å². The molecular formula is C10H5ClN2O. The molecule has 68 valence electrons. The summed E-state index contributed by atoms with van der Waals surface area (Å²) in [5, 5.41) is 12.6. The maximum absolute atomic E-state index is 8.60. The first-order chi connectivity index (χ1) is 6.79. The van der Waals surface area contributed by atoms with Crippen LogP contribution in [0.1, 0.15) is 5.56 Å². The molecule has 0 N–H and O–H groups in total. The summed E-state index contributed by atoms with van der Waals surface area (Å²) in [5.41, 5.74) is 2.16. The first-order valence-electron chi connectivity index (χ1n) is 3.92. The van der Waals surface area contributed by atoms with Gasteiger partial charge in [-0.3, -0.25) is 0 Å². The Kier molecular flexibility index (Phi) is 2.21. The van der Waals surface area contributed by atoms with Gasteiger partial charge in [0.1, 0.15) is 5.69 Å². The highest BCUT2D eigenvalue weighted by molar-refractivity contribution is 6.29. The van der Waals surface area contributed by atoms with Crippen LogP contribution in [0, 0.1) is 11.3 Å². The molecule has 2 aromatic rings. The zero-order chi connectivity index (χ0) is 9.97. The molecule has 0 aliphatic heterocycles. The summed E-state index contributed by atoms with van der Waals surface area (Å²) in [6.07, 6.45) is 0. The standard InChI is InChI=1S/C10H5ClN2O/c11-10-5-9(13-14-10)8-3-1-7(6-12)2-4-8/h1-5H. The van der Waals surface area contributed by atoms with E-state index >= 15 is 0 Å². The molecule has 4 heteroatoms. The zero-order valence-corrected chi connectivity index (χ0v) is 7.82. The fourth-order valence-electron chi connectivity index (χ4n) is 1.10. The molecule has 1 aromatic carbocycles. The Morgan fingerprint density at radius 2 is 2.00 bits per heavy atom. The van der Waals surface area contributed by atoms with Crippen LogP contribution in [0.15, 0.2) is 34.9 Å². The number of benzene rings is 1. The van der Waals surface area contributed by atoms with E-state index in [-0.39, 0.29) is 5.22 Å². The maximum Gasteiger partial charge on any atom is 0.226 e. The maximum atomic E-state index is 8.60. The van der Waals surface area contributed by atoms with Gasteiger partial charge in [-0.1, -0.05) is 17.3 Å². The van der Waals surface area contributed by atoms with Gasteiger partial charge in [-0.05, 0) is 23.7 Å². The van der Waals surface area contributed by atoms with E-state index in [1.807, 2.05) is 6.07 Å². The SMILES string of the molecule is N#Cc1ccc(-c2cc(Cl)on2)cc1. The van der Waals surface area contributed by atoms with Gasteiger partial charge >= 0.3 is 0 Å². The Morgan fingerprint density at radius 3 is 2.50 bits per heavy atom. The van der Waals surface area contributed by atoms with Gasteiger partial charge in [0.15, 0.2) is 0 Å². The van der Waals surface area contributed by atoms with E-state index in [2.05, 4.69) is 5.16 Å². The second kappa shape index (κ2) is 3.52. The Bertz CT molecular complexity index is 482. The predicted molar refractivity (Wildman–Crippen MR) is 51.7 cm³/mol. The Morgan fingerprint density at radius 1 is 1.29 bits per heavy atom. The number of nitriles is 1. The molecule has 0 unspecified atom stereocenters. The van der Waals surface area contributed by atoms with Crippen molar-refractivity contribution in [2.45, 2.75) is 0 Å². The van der Waals surface area contributed by atoms with E-state index in [4.69, 9.17) is 21.4 Å². The van der Waals surface area contributed by atoms with Crippen LogP contribution in [-0.4, -0.2) is 5.16 Å². The van der Waals surface area contributed by atoms with Crippen molar-refractivity contribution >= 4 is 11.6 Å². The van der Waals surface area contributed by atoms with Crippen LogP contribution in [0.25, 0.3) is 11.3 Å². The average molecular weight is 205 g/mol. The summed E-state index contributed by atoms with van der Waals surface area (Å²) in [7, 11) is 0. The molecular weight excluding hydrogens is 200 g/mol. The third-order valence-electron chi connectivity index (χ3n) is 1.79. The topological polar surface area (TPSA) is 49.8 Å². The van der Waals surface area contributed by atoms with Gasteiger partial charge in [0.2, 0.25) is 5.22 Å². The zero-order valence-electron chi connectivity index (χ0n) is 7.07. The molecule has 0 aliphatic carbocycles. The molecule has 0 fully saturated rings. The van der Waals surface area contributed by atoms with Crippen molar-refractivity contribution in [3.8, 4) is 17.3 Å². The van der Waals surface area contributed by atoms with Gasteiger partial charge in [-0.25, -0.2) is 0 Å². The number of hydrogen-bond acceptors (Lipinski definition) is 3. The molecule has 0 amide bonds. The van der Waals surface area contributed by atoms with Crippen molar-refractivity contribution in [1.29, 1.82) is 5.26 Å². The summed E-state index contributed by atoms with van der Waals surface area (Å²) >= 11 is 5.59. The lowest BCUT2D eigenvalue weighted by atomic mass is 10.1. The molecule has 0 spiro atoms. The number of hydrogen-bond donors (Lipinski definition) is 0. The Hall–Kier alpha value is -1.79. The van der Waals surface area contributed by atoms with Crippen LogP contribution in [-0.2, 0) is 0 Å². The molecule has 1 aromatic heterocycles. The van der Waals surface area contributed by atoms with Crippen molar-refractivity contribution < 1.29 is 4.52 Å². The molecule has 3 nitrogen and oxygen atoms in total. The van der Waals surface area contributed by atoms with Crippen LogP contribution in [0.3, 0.4) is 0 Å². The lowest BCUT2D eigenvalue weighted by molar-refractivity contribution is 0.424. The molecule has 0 radical (unpaired) electrons. The van der Waals surface area contributed by atoms with Gasteiger partial charge in [-0.2, -0.15) is 5.26 Å². The van der Waals surface area contributed by atoms with Gasteiger partial charge in [0, 0.05) is 11.6 Å². The fourth-order valence-corrected chi connectivity index (χ4v) is 1.24. The monoisotopic (exact) mass is 204 g/mol. The second-order valence-electron chi connectivity index (χ2n) is 2.71. The minimum absolute atomic E-state index is 0.254. The van der Waals surface area contributed by atoms with Crippen molar-refractivity contribution in [3.05, 3.63) is 41.1 Å². The van der Waals surface area contributed by atoms with Crippen molar-refractivity contribution in [2.75, 3.05) is 0 Å². The summed E-state index contributed by atoms with van der Waals surface area (Å²) in [6, 6.07) is 10.7. The third kappa shape index (κ3) is 1.61. The highest BCUT2D eigenvalue weighted by atomic mass is 35.5. The normalized spacial score (nSPS) is 9.71. The van der Waals surface area contributed by atoms with Crippen LogP contribution < -0.4 is 0 Å². The number of rotatable bonds is 1. The van der Waals surface area contributed by atoms with E-state index in [9.17, 15) is 0 Å². The third-order valence-corrected chi connectivity index (χ3v) is 1.97.